The summed E-state index contributed by atoms with van der Waals surface area (Å²) >= 11 is 0. The second kappa shape index (κ2) is 8.03. The maximum absolute atomic E-state index is 12.4. The monoisotopic (exact) mass is 366 g/mol. The lowest BCUT2D eigenvalue weighted by molar-refractivity contribution is -0.127. The number of carbonyl (C=O) groups is 3. The minimum Gasteiger partial charge on any atom is -0.465 e. The van der Waals surface area contributed by atoms with Gasteiger partial charge in [0.05, 0.1) is 18.7 Å². The molecule has 1 heterocycles. The fourth-order valence-corrected chi connectivity index (χ4v) is 3.20. The zero-order valence-corrected chi connectivity index (χ0v) is 15.4. The molecule has 27 heavy (non-hydrogen) atoms. The summed E-state index contributed by atoms with van der Waals surface area (Å²) in [6.45, 7) is 3.14. The lowest BCUT2D eigenvalue weighted by Crippen LogP contribution is -2.37. The number of carbonyl (C=O) groups excluding carboxylic acids is 3. The van der Waals surface area contributed by atoms with Gasteiger partial charge in [-0.15, -0.1) is 0 Å². The molecule has 0 aromatic heterocycles. The number of ether oxygens (including phenoxy) is 1. The Morgan fingerprint density at radius 1 is 1.11 bits per heavy atom. The van der Waals surface area contributed by atoms with E-state index >= 15 is 0 Å². The van der Waals surface area contributed by atoms with Crippen LogP contribution in [0.1, 0.15) is 34.1 Å². The van der Waals surface area contributed by atoms with Gasteiger partial charge in [0.15, 0.2) is 0 Å². The van der Waals surface area contributed by atoms with Crippen LogP contribution in [0.5, 0.6) is 0 Å². The van der Waals surface area contributed by atoms with Gasteiger partial charge in [0, 0.05) is 25.1 Å². The van der Waals surface area contributed by atoms with Crippen LogP contribution in [0.2, 0.25) is 0 Å². The number of methoxy groups -OCH3 is 1. The highest BCUT2D eigenvalue weighted by molar-refractivity contribution is 5.96. The number of esters is 1. The van der Waals surface area contributed by atoms with E-state index in [9.17, 15) is 14.4 Å². The molecule has 1 saturated heterocycles. The van der Waals surface area contributed by atoms with Gasteiger partial charge in [0.25, 0.3) is 5.91 Å². The molecule has 1 aliphatic rings. The minimum absolute atomic E-state index is 0.0728. The van der Waals surface area contributed by atoms with Gasteiger partial charge in [-0.1, -0.05) is 24.3 Å². The van der Waals surface area contributed by atoms with Crippen LogP contribution in [0, 0.1) is 0 Å². The Labute approximate surface area is 158 Å². The minimum atomic E-state index is -0.389. The zero-order chi connectivity index (χ0) is 19.4. The first-order valence-corrected chi connectivity index (χ1v) is 8.89. The molecule has 0 aliphatic carbocycles. The Morgan fingerprint density at radius 3 is 2.48 bits per heavy atom. The van der Waals surface area contributed by atoms with Crippen molar-refractivity contribution in [3.8, 4) is 11.1 Å². The Bertz CT molecular complexity index is 861. The Balaban J connectivity index is 1.69. The molecule has 2 aromatic carbocycles. The molecule has 2 amide bonds. The quantitative estimate of drug-likeness (QED) is 0.825. The average molecular weight is 366 g/mol. The standard InChI is InChI=1S/C21H22N2O4/c1-3-23-13-18(12-19(23)24)22-20(25)15-9-7-14(8-10-15)16-5-4-6-17(11-16)21(26)27-2/h4-11,18H,3,12-13H2,1-2H3,(H,22,25)/t18-/m1/s1. The van der Waals surface area contributed by atoms with Gasteiger partial charge in [0.1, 0.15) is 0 Å². The van der Waals surface area contributed by atoms with Crippen molar-refractivity contribution in [2.75, 3.05) is 20.2 Å². The predicted molar refractivity (Wildman–Crippen MR) is 101 cm³/mol. The van der Waals surface area contributed by atoms with Gasteiger partial charge in [-0.2, -0.15) is 0 Å². The molecule has 2 aromatic rings. The van der Waals surface area contributed by atoms with E-state index in [1.165, 1.54) is 7.11 Å². The summed E-state index contributed by atoms with van der Waals surface area (Å²) < 4.78 is 4.74. The van der Waals surface area contributed by atoms with Crippen molar-refractivity contribution in [3.05, 3.63) is 59.7 Å². The van der Waals surface area contributed by atoms with E-state index < -0.39 is 0 Å². The average Bonchev–Trinajstić information content (AvgIpc) is 3.06. The predicted octanol–water partition coefficient (Wildman–Crippen LogP) is 2.49. The fourth-order valence-electron chi connectivity index (χ4n) is 3.20. The molecule has 0 saturated carbocycles. The van der Waals surface area contributed by atoms with Crippen molar-refractivity contribution in [2.45, 2.75) is 19.4 Å². The number of hydrogen-bond donors (Lipinski definition) is 1. The molecule has 0 spiro atoms. The van der Waals surface area contributed by atoms with Gasteiger partial charge in [-0.05, 0) is 42.3 Å². The topological polar surface area (TPSA) is 75.7 Å². The Hall–Kier alpha value is -3.15. The number of nitrogens with one attached hydrogen (secondary N) is 1. The maximum atomic E-state index is 12.4. The molecule has 0 bridgehead atoms. The van der Waals surface area contributed by atoms with Crippen molar-refractivity contribution in [1.29, 1.82) is 0 Å². The van der Waals surface area contributed by atoms with Gasteiger partial charge in [-0.3, -0.25) is 9.59 Å². The molecule has 1 atom stereocenters. The lowest BCUT2D eigenvalue weighted by atomic mass is 10.0. The van der Waals surface area contributed by atoms with Crippen LogP contribution in [-0.2, 0) is 9.53 Å². The summed E-state index contributed by atoms with van der Waals surface area (Å²) in [5.74, 6) is -0.510. The number of hydrogen-bond acceptors (Lipinski definition) is 4. The first kappa shape index (κ1) is 18.6. The van der Waals surface area contributed by atoms with E-state index in [2.05, 4.69) is 5.32 Å². The molecule has 1 N–H and O–H groups in total. The van der Waals surface area contributed by atoms with Gasteiger partial charge < -0.3 is 15.0 Å². The third-order valence-corrected chi connectivity index (χ3v) is 4.70. The van der Waals surface area contributed by atoms with E-state index in [0.29, 0.717) is 30.6 Å². The SMILES string of the molecule is CCN1C[C@H](NC(=O)c2ccc(-c3cccc(C(=O)OC)c3)cc2)CC1=O. The summed E-state index contributed by atoms with van der Waals surface area (Å²) in [5, 5.41) is 2.92. The first-order chi connectivity index (χ1) is 13.0. The Morgan fingerprint density at radius 2 is 1.85 bits per heavy atom. The molecule has 0 unspecified atom stereocenters. The fraction of sp³-hybridized carbons (Fsp3) is 0.286. The van der Waals surface area contributed by atoms with Crippen LogP contribution in [0.3, 0.4) is 0 Å². The van der Waals surface area contributed by atoms with Crippen LogP contribution in [0.4, 0.5) is 0 Å². The summed E-state index contributed by atoms with van der Waals surface area (Å²) in [4.78, 5) is 37.6. The number of rotatable bonds is 5. The first-order valence-electron chi connectivity index (χ1n) is 8.89. The van der Waals surface area contributed by atoms with Crippen LogP contribution in [0.15, 0.2) is 48.5 Å². The molecule has 6 nitrogen and oxygen atoms in total. The van der Waals surface area contributed by atoms with Crippen molar-refractivity contribution in [3.63, 3.8) is 0 Å². The second-order valence-corrected chi connectivity index (χ2v) is 6.46. The molecule has 6 heteroatoms. The van der Waals surface area contributed by atoms with E-state index in [4.69, 9.17) is 4.74 Å². The number of nitrogens with zero attached hydrogens (tertiary/aromatic N) is 1. The van der Waals surface area contributed by atoms with Crippen LogP contribution >= 0.6 is 0 Å². The molecule has 140 valence electrons. The molecule has 0 radical (unpaired) electrons. The van der Waals surface area contributed by atoms with Gasteiger partial charge in [0.2, 0.25) is 5.91 Å². The van der Waals surface area contributed by atoms with Crippen molar-refractivity contribution in [1.82, 2.24) is 10.2 Å². The molecular formula is C21H22N2O4. The van der Waals surface area contributed by atoms with E-state index in [1.54, 1.807) is 35.2 Å². The summed E-state index contributed by atoms with van der Waals surface area (Å²) in [6.07, 6.45) is 0.345. The van der Waals surface area contributed by atoms with Crippen molar-refractivity contribution < 1.29 is 19.1 Å². The largest absolute Gasteiger partial charge is 0.465 e. The molecular weight excluding hydrogens is 344 g/mol. The van der Waals surface area contributed by atoms with Gasteiger partial charge >= 0.3 is 5.97 Å². The van der Waals surface area contributed by atoms with E-state index in [0.717, 1.165) is 11.1 Å². The van der Waals surface area contributed by atoms with Crippen molar-refractivity contribution in [2.24, 2.45) is 0 Å². The van der Waals surface area contributed by atoms with Crippen LogP contribution in [-0.4, -0.2) is 48.9 Å². The smallest absolute Gasteiger partial charge is 0.337 e. The highest BCUT2D eigenvalue weighted by Crippen LogP contribution is 2.22. The number of amides is 2. The van der Waals surface area contributed by atoms with E-state index in [1.807, 2.05) is 25.1 Å². The summed E-state index contributed by atoms with van der Waals surface area (Å²) in [5.41, 5.74) is 2.77. The molecule has 3 rings (SSSR count). The Kier molecular flexibility index (Phi) is 5.54. The highest BCUT2D eigenvalue weighted by atomic mass is 16.5. The third kappa shape index (κ3) is 4.16. The maximum Gasteiger partial charge on any atom is 0.337 e. The number of likely N-dealkylation sites (tertiary alicyclic amines) is 1. The van der Waals surface area contributed by atoms with Crippen molar-refractivity contribution >= 4 is 17.8 Å². The number of benzene rings is 2. The second-order valence-electron chi connectivity index (χ2n) is 6.46. The molecule has 1 fully saturated rings. The zero-order valence-electron chi connectivity index (χ0n) is 15.4. The molecule has 1 aliphatic heterocycles. The third-order valence-electron chi connectivity index (χ3n) is 4.70. The number of likely N-dealkylation sites (N-methyl/N-ethyl adjacent to an activating group) is 1. The van der Waals surface area contributed by atoms with Gasteiger partial charge in [-0.25, -0.2) is 4.79 Å². The van der Waals surface area contributed by atoms with Crippen LogP contribution < -0.4 is 5.32 Å². The normalized spacial score (nSPS) is 16.3. The van der Waals surface area contributed by atoms with E-state index in [-0.39, 0.29) is 23.8 Å². The summed E-state index contributed by atoms with van der Waals surface area (Å²) in [6, 6.07) is 14.1. The summed E-state index contributed by atoms with van der Waals surface area (Å²) in [7, 11) is 1.35. The highest BCUT2D eigenvalue weighted by Gasteiger charge is 2.29. The van der Waals surface area contributed by atoms with Crippen LogP contribution in [0.25, 0.3) is 11.1 Å². The lowest BCUT2D eigenvalue weighted by Gasteiger charge is -2.15.